The van der Waals surface area contributed by atoms with Crippen LogP contribution in [-0.4, -0.2) is 56.4 Å². The van der Waals surface area contributed by atoms with Crippen LogP contribution in [0.1, 0.15) is 0 Å². The van der Waals surface area contributed by atoms with Crippen molar-refractivity contribution in [3.05, 3.63) is 54.6 Å². The standard InChI is InChI=1S/C22H25N3O2.ClH/c1-26-18-8-6-17(7-9-18)21-16-22(19-4-2-3-5-20(19)24-21)23-10-11-25-12-14-27-15-13-25;/h2-9,16H,10-15H2,1H3,(H,23,24);1H. The van der Waals surface area contributed by atoms with Crippen molar-refractivity contribution in [1.82, 2.24) is 9.88 Å². The number of hydrogen-bond donors (Lipinski definition) is 1. The van der Waals surface area contributed by atoms with E-state index in [4.69, 9.17) is 14.5 Å². The molecule has 4 rings (SSSR count). The quantitative estimate of drug-likeness (QED) is 0.676. The monoisotopic (exact) mass is 399 g/mol. The fourth-order valence-electron chi connectivity index (χ4n) is 3.40. The van der Waals surface area contributed by atoms with Crippen LogP contribution in [-0.2, 0) is 4.74 Å². The number of fused-ring (bicyclic) bond motifs is 1. The summed E-state index contributed by atoms with van der Waals surface area (Å²) in [5.41, 5.74) is 4.17. The van der Waals surface area contributed by atoms with Crippen molar-refractivity contribution >= 4 is 29.0 Å². The molecule has 148 valence electrons. The summed E-state index contributed by atoms with van der Waals surface area (Å²) < 4.78 is 10.7. The molecule has 1 aliphatic rings. The number of para-hydroxylation sites is 1. The molecule has 0 atom stereocenters. The third-order valence-corrected chi connectivity index (χ3v) is 4.95. The summed E-state index contributed by atoms with van der Waals surface area (Å²) in [7, 11) is 1.68. The van der Waals surface area contributed by atoms with Gasteiger partial charge in [0.2, 0.25) is 0 Å². The number of methoxy groups -OCH3 is 1. The number of halogens is 1. The van der Waals surface area contributed by atoms with Crippen molar-refractivity contribution in [3.63, 3.8) is 0 Å². The van der Waals surface area contributed by atoms with Crippen LogP contribution < -0.4 is 10.1 Å². The van der Waals surface area contributed by atoms with Crippen molar-refractivity contribution in [2.75, 3.05) is 51.8 Å². The Morgan fingerprint density at radius 3 is 2.57 bits per heavy atom. The average Bonchev–Trinajstić information content (AvgIpc) is 2.74. The minimum Gasteiger partial charge on any atom is -0.497 e. The number of morpholine rings is 1. The molecule has 1 aromatic heterocycles. The van der Waals surface area contributed by atoms with Gasteiger partial charge in [0.25, 0.3) is 0 Å². The Kier molecular flexibility index (Phi) is 7.09. The maximum atomic E-state index is 5.42. The van der Waals surface area contributed by atoms with E-state index in [0.717, 1.165) is 73.0 Å². The van der Waals surface area contributed by atoms with Crippen LogP contribution in [0.2, 0.25) is 0 Å². The lowest BCUT2D eigenvalue weighted by Crippen LogP contribution is -2.39. The van der Waals surface area contributed by atoms with Gasteiger partial charge in [0.05, 0.1) is 31.5 Å². The summed E-state index contributed by atoms with van der Waals surface area (Å²) in [6.45, 7) is 5.60. The lowest BCUT2D eigenvalue weighted by Gasteiger charge is -2.26. The molecule has 0 amide bonds. The first kappa shape index (κ1) is 20.4. The molecular formula is C22H26ClN3O2. The molecule has 0 unspecified atom stereocenters. The summed E-state index contributed by atoms with van der Waals surface area (Å²) >= 11 is 0. The Balaban J connectivity index is 0.00000225. The van der Waals surface area contributed by atoms with Gasteiger partial charge in [-0.1, -0.05) is 18.2 Å². The molecule has 1 saturated heterocycles. The summed E-state index contributed by atoms with van der Waals surface area (Å²) in [5.74, 6) is 0.850. The van der Waals surface area contributed by atoms with Gasteiger partial charge in [-0.25, -0.2) is 4.98 Å². The zero-order valence-electron chi connectivity index (χ0n) is 16.1. The van der Waals surface area contributed by atoms with Gasteiger partial charge in [-0.3, -0.25) is 4.90 Å². The van der Waals surface area contributed by atoms with Crippen LogP contribution in [0.4, 0.5) is 5.69 Å². The fraction of sp³-hybridized carbons (Fsp3) is 0.318. The van der Waals surface area contributed by atoms with Gasteiger partial charge in [-0.15, -0.1) is 12.4 Å². The van der Waals surface area contributed by atoms with Gasteiger partial charge >= 0.3 is 0 Å². The van der Waals surface area contributed by atoms with E-state index in [1.165, 1.54) is 0 Å². The highest BCUT2D eigenvalue weighted by atomic mass is 35.5. The first-order chi connectivity index (χ1) is 13.3. The van der Waals surface area contributed by atoms with Crippen LogP contribution in [0, 0.1) is 0 Å². The maximum Gasteiger partial charge on any atom is 0.118 e. The number of nitrogens with one attached hydrogen (secondary N) is 1. The normalized spacial score (nSPS) is 14.5. The third-order valence-electron chi connectivity index (χ3n) is 4.95. The van der Waals surface area contributed by atoms with Gasteiger partial charge in [-0.2, -0.15) is 0 Å². The highest BCUT2D eigenvalue weighted by molar-refractivity contribution is 5.93. The number of aromatic nitrogens is 1. The lowest BCUT2D eigenvalue weighted by atomic mass is 10.1. The van der Waals surface area contributed by atoms with E-state index in [1.54, 1.807) is 7.11 Å². The number of pyridine rings is 1. The Labute approximate surface area is 172 Å². The number of rotatable bonds is 6. The highest BCUT2D eigenvalue weighted by Gasteiger charge is 2.11. The van der Waals surface area contributed by atoms with E-state index in [9.17, 15) is 0 Å². The minimum atomic E-state index is 0. The predicted octanol–water partition coefficient (Wildman–Crippen LogP) is 4.08. The zero-order chi connectivity index (χ0) is 18.5. The van der Waals surface area contributed by atoms with Crippen LogP contribution in [0.15, 0.2) is 54.6 Å². The summed E-state index contributed by atoms with van der Waals surface area (Å²) in [6, 6.07) is 18.5. The number of hydrogen-bond acceptors (Lipinski definition) is 5. The van der Waals surface area contributed by atoms with Crippen LogP contribution in [0.5, 0.6) is 5.75 Å². The molecule has 1 fully saturated rings. The van der Waals surface area contributed by atoms with Crippen LogP contribution in [0.3, 0.4) is 0 Å². The largest absolute Gasteiger partial charge is 0.497 e. The van der Waals surface area contributed by atoms with E-state index < -0.39 is 0 Å². The van der Waals surface area contributed by atoms with Crippen LogP contribution >= 0.6 is 12.4 Å². The molecule has 0 bridgehead atoms. The molecule has 0 saturated carbocycles. The van der Waals surface area contributed by atoms with E-state index >= 15 is 0 Å². The second kappa shape index (κ2) is 9.73. The number of anilines is 1. The first-order valence-electron chi connectivity index (χ1n) is 9.42. The van der Waals surface area contributed by atoms with Crippen molar-refractivity contribution in [2.45, 2.75) is 0 Å². The Morgan fingerprint density at radius 2 is 1.82 bits per heavy atom. The Bertz CT molecular complexity index is 896. The first-order valence-corrected chi connectivity index (χ1v) is 9.42. The zero-order valence-corrected chi connectivity index (χ0v) is 16.9. The molecule has 3 aromatic rings. The topological polar surface area (TPSA) is 46.6 Å². The SMILES string of the molecule is COc1ccc(-c2cc(NCCN3CCOCC3)c3ccccc3n2)cc1.Cl. The number of benzene rings is 2. The van der Waals surface area contributed by atoms with E-state index in [-0.39, 0.29) is 12.4 Å². The van der Waals surface area contributed by atoms with E-state index in [0.29, 0.717) is 0 Å². The molecule has 2 aromatic carbocycles. The van der Waals surface area contributed by atoms with Gasteiger partial charge in [-0.05, 0) is 36.4 Å². The third kappa shape index (κ3) is 4.73. The average molecular weight is 400 g/mol. The maximum absolute atomic E-state index is 5.42. The molecule has 1 N–H and O–H groups in total. The smallest absolute Gasteiger partial charge is 0.118 e. The van der Waals surface area contributed by atoms with Gasteiger partial charge < -0.3 is 14.8 Å². The Hall–Kier alpha value is -2.34. The van der Waals surface area contributed by atoms with E-state index in [1.807, 2.05) is 30.3 Å². The number of nitrogens with zero attached hydrogens (tertiary/aromatic N) is 2. The molecule has 28 heavy (non-hydrogen) atoms. The van der Waals surface area contributed by atoms with Gasteiger partial charge in [0.1, 0.15) is 5.75 Å². The Morgan fingerprint density at radius 1 is 1.07 bits per heavy atom. The highest BCUT2D eigenvalue weighted by Crippen LogP contribution is 2.29. The summed E-state index contributed by atoms with van der Waals surface area (Å²) in [4.78, 5) is 7.29. The lowest BCUT2D eigenvalue weighted by molar-refractivity contribution is 0.0398. The molecule has 5 nitrogen and oxygen atoms in total. The van der Waals surface area contributed by atoms with Gasteiger partial charge in [0, 0.05) is 42.8 Å². The van der Waals surface area contributed by atoms with E-state index in [2.05, 4.69) is 34.5 Å². The van der Waals surface area contributed by atoms with Crippen molar-refractivity contribution in [3.8, 4) is 17.0 Å². The molecular weight excluding hydrogens is 374 g/mol. The second-order valence-corrected chi connectivity index (χ2v) is 6.68. The molecule has 2 heterocycles. The molecule has 0 radical (unpaired) electrons. The van der Waals surface area contributed by atoms with Crippen molar-refractivity contribution < 1.29 is 9.47 Å². The molecule has 1 aliphatic heterocycles. The van der Waals surface area contributed by atoms with Crippen molar-refractivity contribution in [1.29, 1.82) is 0 Å². The molecule has 6 heteroatoms. The van der Waals surface area contributed by atoms with Crippen molar-refractivity contribution in [2.24, 2.45) is 0 Å². The van der Waals surface area contributed by atoms with Gasteiger partial charge in [0.15, 0.2) is 0 Å². The summed E-state index contributed by atoms with van der Waals surface area (Å²) in [5, 5.41) is 4.77. The van der Waals surface area contributed by atoms with Crippen LogP contribution in [0.25, 0.3) is 22.2 Å². The molecule has 0 spiro atoms. The minimum absolute atomic E-state index is 0. The number of ether oxygens (including phenoxy) is 2. The second-order valence-electron chi connectivity index (χ2n) is 6.68. The fourth-order valence-corrected chi connectivity index (χ4v) is 3.40. The molecule has 0 aliphatic carbocycles. The summed E-state index contributed by atoms with van der Waals surface area (Å²) in [6.07, 6.45) is 0. The predicted molar refractivity (Wildman–Crippen MR) is 117 cm³/mol.